The van der Waals surface area contributed by atoms with Crippen molar-refractivity contribution in [3.05, 3.63) is 40.2 Å². The van der Waals surface area contributed by atoms with E-state index in [4.69, 9.17) is 5.26 Å². The average molecular weight is 343 g/mol. The molecule has 0 bridgehead atoms. The van der Waals surface area contributed by atoms with Crippen LogP contribution in [0.25, 0.3) is 11.3 Å². The molecular formula is C19H22FN3S. The Morgan fingerprint density at radius 3 is 2.75 bits per heavy atom. The summed E-state index contributed by atoms with van der Waals surface area (Å²) in [5.74, 6) is 0. The summed E-state index contributed by atoms with van der Waals surface area (Å²) in [6.45, 7) is 5.89. The molecule has 2 atom stereocenters. The van der Waals surface area contributed by atoms with Crippen molar-refractivity contribution in [2.24, 2.45) is 5.41 Å². The molecule has 1 aliphatic heterocycles. The van der Waals surface area contributed by atoms with Crippen molar-refractivity contribution < 1.29 is 4.39 Å². The Morgan fingerprint density at radius 2 is 2.17 bits per heavy atom. The van der Waals surface area contributed by atoms with Crippen molar-refractivity contribution >= 4 is 11.3 Å². The van der Waals surface area contributed by atoms with Crippen LogP contribution in [-0.4, -0.2) is 29.1 Å². The second-order valence-corrected chi connectivity index (χ2v) is 7.95. The Morgan fingerprint density at radius 1 is 1.42 bits per heavy atom. The van der Waals surface area contributed by atoms with E-state index in [1.54, 1.807) is 11.3 Å². The molecule has 1 aliphatic rings. The van der Waals surface area contributed by atoms with E-state index in [1.807, 2.05) is 13.8 Å². The Kier molecular flexibility index (Phi) is 4.98. The lowest BCUT2D eigenvalue weighted by Crippen LogP contribution is -2.47. The fourth-order valence-corrected chi connectivity index (χ4v) is 3.79. The number of hydrogen-bond acceptors (Lipinski definition) is 4. The van der Waals surface area contributed by atoms with E-state index in [1.165, 1.54) is 5.56 Å². The van der Waals surface area contributed by atoms with E-state index in [9.17, 15) is 4.39 Å². The minimum absolute atomic E-state index is 0.295. The van der Waals surface area contributed by atoms with Crippen molar-refractivity contribution in [3.63, 3.8) is 0 Å². The predicted molar refractivity (Wildman–Crippen MR) is 95.4 cm³/mol. The molecular weight excluding hydrogens is 321 g/mol. The van der Waals surface area contributed by atoms with Gasteiger partial charge < -0.3 is 0 Å². The smallest absolute Gasteiger partial charge is 0.119 e. The number of aryl methyl sites for hydroxylation is 1. The van der Waals surface area contributed by atoms with E-state index in [0.29, 0.717) is 13.0 Å². The van der Waals surface area contributed by atoms with Crippen LogP contribution < -0.4 is 0 Å². The van der Waals surface area contributed by atoms with Crippen LogP contribution in [0.1, 0.15) is 30.3 Å². The van der Waals surface area contributed by atoms with Gasteiger partial charge in [0.1, 0.15) is 6.17 Å². The number of rotatable bonds is 4. The van der Waals surface area contributed by atoms with Crippen LogP contribution in [0, 0.1) is 23.7 Å². The Hall–Kier alpha value is -1.77. The molecule has 24 heavy (non-hydrogen) atoms. The van der Waals surface area contributed by atoms with E-state index >= 15 is 0 Å². The van der Waals surface area contributed by atoms with E-state index in [2.05, 4.69) is 45.6 Å². The van der Waals surface area contributed by atoms with Crippen LogP contribution in [-0.2, 0) is 6.54 Å². The molecule has 0 amide bonds. The predicted octanol–water partition coefficient (Wildman–Crippen LogP) is 4.58. The van der Waals surface area contributed by atoms with Gasteiger partial charge in [-0.1, -0.05) is 31.2 Å². The molecule has 0 saturated carbocycles. The highest BCUT2D eigenvalue weighted by molar-refractivity contribution is 7.09. The lowest BCUT2D eigenvalue weighted by atomic mass is 9.76. The van der Waals surface area contributed by atoms with Gasteiger partial charge in [-0.25, -0.2) is 9.37 Å². The third kappa shape index (κ3) is 3.66. The molecule has 0 N–H and O–H groups in total. The molecule has 2 unspecified atom stereocenters. The van der Waals surface area contributed by atoms with Crippen molar-refractivity contribution in [1.82, 2.24) is 9.88 Å². The molecule has 2 heterocycles. The van der Waals surface area contributed by atoms with Gasteiger partial charge in [0, 0.05) is 35.9 Å². The van der Waals surface area contributed by atoms with Crippen LogP contribution in [0.4, 0.5) is 4.39 Å². The lowest BCUT2D eigenvalue weighted by Gasteiger charge is -2.41. The summed E-state index contributed by atoms with van der Waals surface area (Å²) in [6, 6.07) is 10.5. The molecule has 126 valence electrons. The van der Waals surface area contributed by atoms with Crippen LogP contribution in [0.15, 0.2) is 29.6 Å². The number of hydrogen-bond donors (Lipinski definition) is 0. The fraction of sp³-hybridized carbons (Fsp3) is 0.474. The molecule has 0 radical (unpaired) electrons. The number of aromatic nitrogens is 1. The zero-order valence-electron chi connectivity index (χ0n) is 14.1. The summed E-state index contributed by atoms with van der Waals surface area (Å²) >= 11 is 1.65. The number of nitriles is 1. The maximum absolute atomic E-state index is 14.5. The van der Waals surface area contributed by atoms with Crippen LogP contribution in [0.5, 0.6) is 0 Å². The first-order valence-corrected chi connectivity index (χ1v) is 9.13. The van der Waals surface area contributed by atoms with Gasteiger partial charge in [0.15, 0.2) is 0 Å². The number of halogens is 1. The standard InChI is InChI=1S/C19H22FN3S/c1-14-22-17(13-24-14)16-5-3-15(4-6-16)11-23-10-8-19(2,7-9-21)18(20)12-23/h3-6,13,18H,7-8,10-12H2,1-2H3. The molecule has 1 aromatic heterocycles. The van der Waals surface area contributed by atoms with Gasteiger partial charge >= 0.3 is 0 Å². The maximum atomic E-state index is 14.5. The third-order valence-corrected chi connectivity index (χ3v) is 5.71. The van der Waals surface area contributed by atoms with Gasteiger partial charge in [-0.05, 0) is 25.5 Å². The average Bonchev–Trinajstić information content (AvgIpc) is 2.99. The first-order valence-electron chi connectivity index (χ1n) is 8.25. The highest BCUT2D eigenvalue weighted by Crippen LogP contribution is 2.36. The summed E-state index contributed by atoms with van der Waals surface area (Å²) in [5.41, 5.74) is 2.82. The molecule has 1 saturated heterocycles. The SMILES string of the molecule is Cc1nc(-c2ccc(CN3CCC(C)(CC#N)C(F)C3)cc2)cs1. The fourth-order valence-electron chi connectivity index (χ4n) is 3.17. The molecule has 5 heteroatoms. The molecule has 3 nitrogen and oxygen atoms in total. The molecule has 1 fully saturated rings. The number of alkyl halides is 1. The van der Waals surface area contributed by atoms with Crippen LogP contribution >= 0.6 is 11.3 Å². The van der Waals surface area contributed by atoms with E-state index in [0.717, 1.165) is 35.8 Å². The Balaban J connectivity index is 1.62. The topological polar surface area (TPSA) is 39.9 Å². The zero-order chi connectivity index (χ0) is 17.2. The summed E-state index contributed by atoms with van der Waals surface area (Å²) < 4.78 is 14.5. The second-order valence-electron chi connectivity index (χ2n) is 6.89. The highest BCUT2D eigenvalue weighted by atomic mass is 32.1. The largest absolute Gasteiger partial charge is 0.296 e. The van der Waals surface area contributed by atoms with Crippen molar-refractivity contribution in [3.8, 4) is 17.3 Å². The van der Waals surface area contributed by atoms with Crippen LogP contribution in [0.2, 0.25) is 0 Å². The number of benzene rings is 1. The number of piperidine rings is 1. The third-order valence-electron chi connectivity index (χ3n) is 4.93. The number of thiazole rings is 1. The Labute approximate surface area is 146 Å². The first kappa shape index (κ1) is 17.1. The molecule has 0 aliphatic carbocycles. The van der Waals surface area contributed by atoms with Crippen LogP contribution in [0.3, 0.4) is 0 Å². The van der Waals surface area contributed by atoms with Crippen molar-refractivity contribution in [2.45, 2.75) is 39.4 Å². The maximum Gasteiger partial charge on any atom is 0.119 e. The summed E-state index contributed by atoms with van der Waals surface area (Å²) in [7, 11) is 0. The molecule has 0 spiro atoms. The summed E-state index contributed by atoms with van der Waals surface area (Å²) in [4.78, 5) is 6.65. The van der Waals surface area contributed by atoms with Gasteiger partial charge in [-0.15, -0.1) is 11.3 Å². The van der Waals surface area contributed by atoms with Gasteiger partial charge in [-0.2, -0.15) is 5.26 Å². The first-order chi connectivity index (χ1) is 11.5. The van der Waals surface area contributed by atoms with E-state index in [-0.39, 0.29) is 0 Å². The second kappa shape index (κ2) is 7.00. The minimum atomic E-state index is -0.942. The van der Waals surface area contributed by atoms with Crippen molar-refractivity contribution in [1.29, 1.82) is 5.26 Å². The van der Waals surface area contributed by atoms with Gasteiger partial charge in [-0.3, -0.25) is 4.90 Å². The number of nitrogens with zero attached hydrogens (tertiary/aromatic N) is 3. The van der Waals surface area contributed by atoms with Gasteiger partial charge in [0.05, 0.1) is 16.8 Å². The Bertz CT molecular complexity index is 734. The minimum Gasteiger partial charge on any atom is -0.296 e. The summed E-state index contributed by atoms with van der Waals surface area (Å²) in [6.07, 6.45) is 0.0879. The monoisotopic (exact) mass is 343 g/mol. The lowest BCUT2D eigenvalue weighted by molar-refractivity contribution is 0.0186. The van der Waals surface area contributed by atoms with E-state index < -0.39 is 11.6 Å². The van der Waals surface area contributed by atoms with Crippen molar-refractivity contribution in [2.75, 3.05) is 13.1 Å². The summed E-state index contributed by atoms with van der Waals surface area (Å²) in [5, 5.41) is 12.0. The zero-order valence-corrected chi connectivity index (χ0v) is 14.9. The van der Waals surface area contributed by atoms with Gasteiger partial charge in [0.2, 0.25) is 0 Å². The normalized spacial score (nSPS) is 24.7. The molecule has 3 rings (SSSR count). The molecule has 1 aromatic carbocycles. The van der Waals surface area contributed by atoms with Gasteiger partial charge in [0.25, 0.3) is 0 Å². The molecule has 2 aromatic rings. The highest BCUT2D eigenvalue weighted by Gasteiger charge is 2.39. The quantitative estimate of drug-likeness (QED) is 0.815. The number of likely N-dealkylation sites (tertiary alicyclic amines) is 1.